The van der Waals surface area contributed by atoms with Gasteiger partial charge in [0, 0.05) is 16.5 Å². The first-order valence-corrected chi connectivity index (χ1v) is 15.5. The lowest BCUT2D eigenvalue weighted by Crippen LogP contribution is -2.33. The number of esters is 1. The predicted molar refractivity (Wildman–Crippen MR) is 165 cm³/mol. The number of aromatic nitrogens is 1. The largest absolute Gasteiger partial charge is 0.462 e. The van der Waals surface area contributed by atoms with Gasteiger partial charge >= 0.3 is 10.8 Å². The van der Waals surface area contributed by atoms with Gasteiger partial charge in [-0.2, -0.15) is 0 Å². The first-order chi connectivity index (χ1) is 21.2. The molecule has 0 bridgehead atoms. The minimum Gasteiger partial charge on any atom is -0.462 e. The number of hydrogen-bond donors (Lipinski definition) is 1. The topological polar surface area (TPSA) is 115 Å². The maximum atomic E-state index is 14.0. The van der Waals surface area contributed by atoms with Crippen LogP contribution in [-0.2, 0) is 25.7 Å². The normalized spacial score (nSPS) is 19.0. The maximum absolute atomic E-state index is 14.0. The van der Waals surface area contributed by atoms with Crippen molar-refractivity contribution < 1.29 is 28.3 Å². The zero-order valence-corrected chi connectivity index (χ0v) is 25.2. The number of ether oxygens (including phenoxy) is 1. The van der Waals surface area contributed by atoms with Crippen molar-refractivity contribution in [3.8, 4) is 0 Å². The second-order valence-corrected chi connectivity index (χ2v) is 12.5. The van der Waals surface area contributed by atoms with Crippen molar-refractivity contribution >= 4 is 58.2 Å². The van der Waals surface area contributed by atoms with Crippen LogP contribution in [0.15, 0.2) is 82.6 Å². The summed E-state index contributed by atoms with van der Waals surface area (Å²) in [6, 6.07) is 18.9. The summed E-state index contributed by atoms with van der Waals surface area (Å²) in [5, 5.41) is 2.31. The first-order valence-electron chi connectivity index (χ1n) is 13.8. The molecule has 12 heteroatoms. The molecule has 9 nitrogen and oxygen atoms in total. The predicted octanol–water partition coefficient (Wildman–Crippen LogP) is 4.97. The average Bonchev–Trinajstić information content (AvgIpc) is 3.45. The number of fused-ring (bicyclic) bond motifs is 2. The molecule has 0 spiro atoms. The molecule has 1 aromatic heterocycles. The van der Waals surface area contributed by atoms with Crippen LogP contribution in [0.2, 0.25) is 0 Å². The molecule has 0 aliphatic carbocycles. The molecule has 2 aliphatic heterocycles. The molecule has 3 heterocycles. The summed E-state index contributed by atoms with van der Waals surface area (Å²) in [6.07, 6.45) is 0. The number of halogens is 1. The fourth-order valence-corrected chi connectivity index (χ4v) is 8.25. The smallest absolute Gasteiger partial charge is 0.338 e. The Morgan fingerprint density at radius 2 is 1.61 bits per heavy atom. The number of imide groups is 1. The van der Waals surface area contributed by atoms with Crippen molar-refractivity contribution in [1.29, 1.82) is 0 Å². The van der Waals surface area contributed by atoms with E-state index in [9.17, 15) is 28.4 Å². The summed E-state index contributed by atoms with van der Waals surface area (Å²) in [4.78, 5) is 67.6. The van der Waals surface area contributed by atoms with E-state index in [1.807, 2.05) is 19.1 Å². The molecule has 6 rings (SSSR count). The Labute approximate surface area is 259 Å². The fourth-order valence-electron chi connectivity index (χ4n) is 5.48. The summed E-state index contributed by atoms with van der Waals surface area (Å²) >= 11 is 2.00. The van der Waals surface area contributed by atoms with Crippen LogP contribution >= 0.6 is 23.1 Å². The number of benzene rings is 3. The van der Waals surface area contributed by atoms with Gasteiger partial charge in [0.25, 0.3) is 0 Å². The number of aryl methyl sites for hydroxylation is 1. The van der Waals surface area contributed by atoms with Crippen molar-refractivity contribution in [2.45, 2.75) is 36.6 Å². The Balaban J connectivity index is 1.36. The summed E-state index contributed by atoms with van der Waals surface area (Å²) in [7, 11) is 0. The van der Waals surface area contributed by atoms with E-state index in [1.165, 1.54) is 41.0 Å². The maximum Gasteiger partial charge on any atom is 0.338 e. The molecule has 3 aromatic carbocycles. The molecular weight excluding hydrogens is 605 g/mol. The molecule has 3 atom stereocenters. The molecule has 0 unspecified atom stereocenters. The zero-order valence-electron chi connectivity index (χ0n) is 23.6. The number of carbonyl (C=O) groups is 4. The Hall–Kier alpha value is -4.55. The highest BCUT2D eigenvalue weighted by atomic mass is 32.2. The molecule has 1 fully saturated rings. The van der Waals surface area contributed by atoms with Gasteiger partial charge in [-0.25, -0.2) is 14.1 Å². The second kappa shape index (κ2) is 11.9. The minimum atomic E-state index is -0.907. The first kappa shape index (κ1) is 29.5. The molecule has 224 valence electrons. The van der Waals surface area contributed by atoms with E-state index in [4.69, 9.17) is 4.74 Å². The molecule has 1 saturated heterocycles. The lowest BCUT2D eigenvalue weighted by Gasteiger charge is -2.30. The lowest BCUT2D eigenvalue weighted by atomic mass is 9.83. The SMILES string of the molecule is CCOC(=O)c1ccc(N2C(=O)[C@H]3[C@H](c4ccc(F)cc4)c4sc(=O)n(CC(=O)Nc5ccc(C)cc5)c4S[C@H]3C2=O)cc1. The number of anilines is 2. The van der Waals surface area contributed by atoms with E-state index in [0.717, 1.165) is 33.6 Å². The monoisotopic (exact) mass is 631 g/mol. The number of nitrogens with zero attached hydrogens (tertiary/aromatic N) is 2. The summed E-state index contributed by atoms with van der Waals surface area (Å²) < 4.78 is 20.3. The van der Waals surface area contributed by atoms with E-state index in [-0.39, 0.29) is 18.7 Å². The lowest BCUT2D eigenvalue weighted by molar-refractivity contribution is -0.122. The quantitative estimate of drug-likeness (QED) is 0.226. The number of carbonyl (C=O) groups excluding carboxylic acids is 4. The van der Waals surface area contributed by atoms with E-state index in [0.29, 0.717) is 26.8 Å². The number of rotatable bonds is 7. The third-order valence-corrected chi connectivity index (χ3v) is 10.2. The number of amides is 3. The number of nitrogens with one attached hydrogen (secondary N) is 1. The van der Waals surface area contributed by atoms with Gasteiger partial charge in [-0.05, 0) is 67.9 Å². The van der Waals surface area contributed by atoms with Crippen LogP contribution in [0.3, 0.4) is 0 Å². The Bertz CT molecular complexity index is 1830. The van der Waals surface area contributed by atoms with Crippen LogP contribution in [0.25, 0.3) is 0 Å². The molecule has 0 radical (unpaired) electrons. The van der Waals surface area contributed by atoms with Crippen molar-refractivity contribution in [1.82, 2.24) is 4.57 Å². The highest BCUT2D eigenvalue weighted by Crippen LogP contribution is 2.53. The van der Waals surface area contributed by atoms with Gasteiger partial charge in [0.05, 0.1) is 28.8 Å². The molecule has 2 aliphatic rings. The molecule has 0 saturated carbocycles. The van der Waals surface area contributed by atoms with Gasteiger partial charge < -0.3 is 10.1 Å². The molecular formula is C32H26FN3O6S2. The van der Waals surface area contributed by atoms with Gasteiger partial charge in [0.2, 0.25) is 17.7 Å². The number of thioether (sulfide) groups is 1. The van der Waals surface area contributed by atoms with Gasteiger partial charge in [0.1, 0.15) is 17.6 Å². The molecule has 3 amide bonds. The molecule has 1 N–H and O–H groups in total. The summed E-state index contributed by atoms with van der Waals surface area (Å²) in [5.41, 5.74) is 2.75. The Morgan fingerprint density at radius 3 is 2.27 bits per heavy atom. The molecule has 44 heavy (non-hydrogen) atoms. The van der Waals surface area contributed by atoms with Crippen LogP contribution in [-0.4, -0.2) is 40.1 Å². The number of thiazole rings is 1. The second-order valence-electron chi connectivity index (χ2n) is 10.4. The Kier molecular flexibility index (Phi) is 7.95. The van der Waals surface area contributed by atoms with Gasteiger partial charge in [-0.1, -0.05) is 52.9 Å². The van der Waals surface area contributed by atoms with Crippen LogP contribution in [0.1, 0.15) is 39.2 Å². The minimum absolute atomic E-state index is 0.206. The van der Waals surface area contributed by atoms with Gasteiger partial charge in [-0.3, -0.25) is 23.7 Å². The van der Waals surface area contributed by atoms with Crippen molar-refractivity contribution in [2.24, 2.45) is 5.92 Å². The van der Waals surface area contributed by atoms with Gasteiger partial charge in [-0.15, -0.1) is 0 Å². The van der Waals surface area contributed by atoms with Crippen molar-refractivity contribution in [3.05, 3.63) is 110 Å². The van der Waals surface area contributed by atoms with Gasteiger partial charge in [0.15, 0.2) is 0 Å². The van der Waals surface area contributed by atoms with E-state index in [1.54, 1.807) is 31.2 Å². The van der Waals surface area contributed by atoms with Crippen molar-refractivity contribution in [3.63, 3.8) is 0 Å². The highest BCUT2D eigenvalue weighted by Gasteiger charge is 2.56. The zero-order chi connectivity index (χ0) is 31.1. The number of hydrogen-bond acceptors (Lipinski definition) is 8. The van der Waals surface area contributed by atoms with Crippen LogP contribution < -0.4 is 15.1 Å². The summed E-state index contributed by atoms with van der Waals surface area (Å²) in [5.74, 6) is -3.98. The molecule has 4 aromatic rings. The van der Waals surface area contributed by atoms with Crippen LogP contribution in [0.4, 0.5) is 15.8 Å². The highest BCUT2D eigenvalue weighted by molar-refractivity contribution is 8.00. The van der Waals surface area contributed by atoms with E-state index in [2.05, 4.69) is 5.32 Å². The van der Waals surface area contributed by atoms with E-state index >= 15 is 0 Å². The fraction of sp³-hybridized carbons (Fsp3) is 0.219. The third-order valence-electron chi connectivity index (χ3n) is 7.55. The van der Waals surface area contributed by atoms with Crippen LogP contribution in [0.5, 0.6) is 0 Å². The van der Waals surface area contributed by atoms with E-state index < -0.39 is 51.5 Å². The Morgan fingerprint density at radius 1 is 0.932 bits per heavy atom. The average molecular weight is 632 g/mol. The third kappa shape index (κ3) is 5.35. The van der Waals surface area contributed by atoms with Crippen LogP contribution in [0, 0.1) is 18.7 Å². The standard InChI is InChI=1S/C32H26FN3O6S2/c1-3-42-31(40)19-8-14-22(15-9-19)36-28(38)25-24(18-6-10-20(33)11-7-18)27-30(43-26(25)29(36)39)35(32(41)44-27)16-23(37)34-21-12-4-17(2)5-13-21/h4-15,24-26H,3,16H2,1-2H3,(H,34,37)/t24-,25-,26+/m0/s1. The summed E-state index contributed by atoms with van der Waals surface area (Å²) in [6.45, 7) is 3.54. The van der Waals surface area contributed by atoms with Crippen molar-refractivity contribution in [2.75, 3.05) is 16.8 Å².